The fourth-order valence-corrected chi connectivity index (χ4v) is 4.79. The number of para-hydroxylation sites is 1. The summed E-state index contributed by atoms with van der Waals surface area (Å²) in [6.45, 7) is 6.25. The third-order valence-electron chi connectivity index (χ3n) is 5.01. The molecule has 2 aromatic carbocycles. The summed E-state index contributed by atoms with van der Waals surface area (Å²) in [5.41, 5.74) is 2.14. The molecule has 0 saturated heterocycles. The van der Waals surface area contributed by atoms with Crippen LogP contribution in [0.1, 0.15) is 26.3 Å². The summed E-state index contributed by atoms with van der Waals surface area (Å²) in [4.78, 5) is 18.9. The molecular weight excluding hydrogens is 386 g/mol. The first-order valence-corrected chi connectivity index (χ1v) is 11.0. The van der Waals surface area contributed by atoms with Gasteiger partial charge in [0.15, 0.2) is 0 Å². The van der Waals surface area contributed by atoms with Crippen LogP contribution in [0.15, 0.2) is 59.6 Å². The lowest BCUT2D eigenvalue weighted by atomic mass is 9.94. The Morgan fingerprint density at radius 3 is 2.62 bits per heavy atom. The maximum absolute atomic E-state index is 13.1. The average molecular weight is 410 g/mol. The molecule has 0 fully saturated rings. The fraction of sp³-hybridized carbons (Fsp3) is 0.273. The summed E-state index contributed by atoms with van der Waals surface area (Å²) in [5.74, 6) is 0.0227. The number of sulfonamides is 1. The quantitative estimate of drug-likeness (QED) is 0.710. The molecule has 6 nitrogen and oxygen atoms in total. The highest BCUT2D eigenvalue weighted by atomic mass is 32.2. The molecule has 1 aromatic heterocycles. The Labute approximate surface area is 170 Å². The van der Waals surface area contributed by atoms with E-state index in [1.165, 1.54) is 0 Å². The predicted molar refractivity (Wildman–Crippen MR) is 115 cm³/mol. The van der Waals surface area contributed by atoms with Gasteiger partial charge in [0.05, 0.1) is 11.2 Å². The lowest BCUT2D eigenvalue weighted by Crippen LogP contribution is -2.38. The minimum Gasteiger partial charge on any atom is -0.311 e. The van der Waals surface area contributed by atoms with Gasteiger partial charge in [-0.2, -0.15) is 0 Å². The van der Waals surface area contributed by atoms with Crippen molar-refractivity contribution in [3.63, 3.8) is 0 Å². The van der Waals surface area contributed by atoms with Crippen molar-refractivity contribution in [2.75, 3.05) is 16.2 Å². The van der Waals surface area contributed by atoms with Gasteiger partial charge in [-0.15, -0.1) is 0 Å². The highest BCUT2D eigenvalue weighted by molar-refractivity contribution is 7.93. The topological polar surface area (TPSA) is 79.4 Å². The van der Waals surface area contributed by atoms with Crippen LogP contribution in [0, 0.1) is 5.41 Å². The molecule has 0 bridgehead atoms. The second kappa shape index (κ2) is 6.84. The Kier molecular flexibility index (Phi) is 4.58. The number of hydrogen-bond donors (Lipinski definition) is 1. The van der Waals surface area contributed by atoms with Gasteiger partial charge in [-0.05, 0) is 36.2 Å². The number of carbonyl (C=O) groups excluding carboxylic acids is 1. The zero-order valence-corrected chi connectivity index (χ0v) is 17.5. The van der Waals surface area contributed by atoms with Crippen LogP contribution in [0.2, 0.25) is 0 Å². The zero-order chi connectivity index (χ0) is 20.8. The van der Waals surface area contributed by atoms with Gasteiger partial charge in [-0.3, -0.25) is 14.5 Å². The van der Waals surface area contributed by atoms with Crippen LogP contribution in [-0.2, 0) is 21.2 Å². The number of anilines is 2. The summed E-state index contributed by atoms with van der Waals surface area (Å²) in [7, 11) is -3.84. The van der Waals surface area contributed by atoms with Gasteiger partial charge in [-0.1, -0.05) is 45.0 Å². The molecule has 7 heteroatoms. The average Bonchev–Trinajstić information content (AvgIpc) is 3.09. The number of nitrogens with one attached hydrogen (secondary N) is 1. The zero-order valence-electron chi connectivity index (χ0n) is 16.6. The third-order valence-corrected chi connectivity index (χ3v) is 6.42. The molecule has 4 rings (SSSR count). The van der Waals surface area contributed by atoms with Gasteiger partial charge < -0.3 is 4.90 Å². The molecular formula is C22H23N3O3S. The van der Waals surface area contributed by atoms with E-state index in [1.807, 2.05) is 39.0 Å². The van der Waals surface area contributed by atoms with E-state index in [9.17, 15) is 13.2 Å². The fourth-order valence-electron chi connectivity index (χ4n) is 3.56. The Hall–Kier alpha value is -2.93. The number of hydrogen-bond acceptors (Lipinski definition) is 4. The lowest BCUT2D eigenvalue weighted by molar-refractivity contribution is -0.125. The SMILES string of the molecule is CC(C)(C)C(=O)N1CCc2ccc(NS(=O)(=O)c3cccc4cccnc34)cc21. The van der Waals surface area contributed by atoms with Crippen LogP contribution in [0.5, 0.6) is 0 Å². The number of fused-ring (bicyclic) bond motifs is 2. The van der Waals surface area contributed by atoms with E-state index in [0.717, 1.165) is 23.1 Å². The number of carbonyl (C=O) groups is 1. The third kappa shape index (κ3) is 3.58. The first kappa shape index (κ1) is 19.4. The molecule has 150 valence electrons. The van der Waals surface area contributed by atoms with Crippen LogP contribution < -0.4 is 9.62 Å². The van der Waals surface area contributed by atoms with Crippen LogP contribution in [0.4, 0.5) is 11.4 Å². The highest BCUT2D eigenvalue weighted by Crippen LogP contribution is 2.34. The van der Waals surface area contributed by atoms with Crippen molar-refractivity contribution in [2.24, 2.45) is 5.41 Å². The first-order valence-electron chi connectivity index (χ1n) is 9.48. The van der Waals surface area contributed by atoms with E-state index in [4.69, 9.17) is 0 Å². The Morgan fingerprint density at radius 2 is 1.86 bits per heavy atom. The number of amides is 1. The van der Waals surface area contributed by atoms with E-state index in [1.54, 1.807) is 41.4 Å². The minimum absolute atomic E-state index is 0.0227. The van der Waals surface area contributed by atoms with Crippen LogP contribution in [-0.4, -0.2) is 25.9 Å². The molecule has 2 heterocycles. The van der Waals surface area contributed by atoms with Crippen LogP contribution in [0.25, 0.3) is 10.9 Å². The Bertz CT molecular complexity index is 1210. The van der Waals surface area contributed by atoms with Crippen molar-refractivity contribution in [3.05, 3.63) is 60.3 Å². The molecule has 1 N–H and O–H groups in total. The van der Waals surface area contributed by atoms with Crippen molar-refractivity contribution < 1.29 is 13.2 Å². The second-order valence-corrected chi connectivity index (χ2v) is 9.89. The Balaban J connectivity index is 1.70. The smallest absolute Gasteiger partial charge is 0.264 e. The molecule has 0 saturated carbocycles. The summed E-state index contributed by atoms with van der Waals surface area (Å²) < 4.78 is 28.8. The van der Waals surface area contributed by atoms with E-state index >= 15 is 0 Å². The molecule has 3 aromatic rings. The standard InChI is InChI=1S/C22H23N3O3S/c1-22(2,3)21(26)25-13-11-15-9-10-17(14-18(15)25)24-29(27,28)19-8-4-6-16-7-5-12-23-20(16)19/h4-10,12,14,24H,11,13H2,1-3H3. The summed E-state index contributed by atoms with van der Waals surface area (Å²) >= 11 is 0. The molecule has 29 heavy (non-hydrogen) atoms. The molecule has 0 spiro atoms. The van der Waals surface area contributed by atoms with Gasteiger partial charge in [0.25, 0.3) is 10.0 Å². The lowest BCUT2D eigenvalue weighted by Gasteiger charge is -2.26. The van der Waals surface area contributed by atoms with Gasteiger partial charge in [0.2, 0.25) is 5.91 Å². The van der Waals surface area contributed by atoms with Crippen molar-refractivity contribution >= 4 is 38.2 Å². The van der Waals surface area contributed by atoms with Crippen molar-refractivity contribution in [1.82, 2.24) is 4.98 Å². The van der Waals surface area contributed by atoms with Crippen molar-refractivity contribution in [2.45, 2.75) is 32.1 Å². The van der Waals surface area contributed by atoms with E-state index in [2.05, 4.69) is 9.71 Å². The van der Waals surface area contributed by atoms with Crippen LogP contribution in [0.3, 0.4) is 0 Å². The molecule has 0 unspecified atom stereocenters. The first-order chi connectivity index (χ1) is 13.7. The summed E-state index contributed by atoms with van der Waals surface area (Å²) in [6, 6.07) is 14.0. The minimum atomic E-state index is -3.84. The number of pyridine rings is 1. The van der Waals surface area contributed by atoms with Crippen molar-refractivity contribution in [3.8, 4) is 0 Å². The van der Waals surface area contributed by atoms with Gasteiger partial charge in [0.1, 0.15) is 4.90 Å². The second-order valence-electron chi connectivity index (χ2n) is 8.24. The van der Waals surface area contributed by atoms with Gasteiger partial charge in [-0.25, -0.2) is 8.42 Å². The van der Waals surface area contributed by atoms with Crippen LogP contribution >= 0.6 is 0 Å². The van der Waals surface area contributed by atoms with E-state index in [0.29, 0.717) is 17.7 Å². The van der Waals surface area contributed by atoms with Gasteiger partial charge >= 0.3 is 0 Å². The van der Waals surface area contributed by atoms with E-state index in [-0.39, 0.29) is 10.8 Å². The molecule has 0 radical (unpaired) electrons. The highest BCUT2D eigenvalue weighted by Gasteiger charge is 2.32. The molecule has 1 aliphatic heterocycles. The summed E-state index contributed by atoms with van der Waals surface area (Å²) in [5, 5.41) is 0.756. The molecule has 0 atom stereocenters. The number of nitrogens with zero attached hydrogens (tertiary/aromatic N) is 2. The van der Waals surface area contributed by atoms with E-state index < -0.39 is 15.4 Å². The maximum atomic E-state index is 13.1. The van der Waals surface area contributed by atoms with Gasteiger partial charge in [0, 0.05) is 29.2 Å². The molecule has 1 amide bonds. The monoisotopic (exact) mass is 409 g/mol. The normalized spacial score (nSPS) is 14.1. The largest absolute Gasteiger partial charge is 0.311 e. The molecule has 0 aliphatic carbocycles. The summed E-state index contributed by atoms with van der Waals surface area (Å²) in [6.07, 6.45) is 2.34. The number of aromatic nitrogens is 1. The van der Waals surface area contributed by atoms with Crippen molar-refractivity contribution in [1.29, 1.82) is 0 Å². The maximum Gasteiger partial charge on any atom is 0.264 e. The molecule has 1 aliphatic rings. The predicted octanol–water partition coefficient (Wildman–Crippen LogP) is 3.97. The Morgan fingerprint density at radius 1 is 1.10 bits per heavy atom. The number of benzene rings is 2. The number of rotatable bonds is 3.